The van der Waals surface area contributed by atoms with Gasteiger partial charge in [-0.05, 0) is 42.6 Å². The van der Waals surface area contributed by atoms with Crippen molar-refractivity contribution in [2.75, 3.05) is 5.32 Å². The fraction of sp³-hybridized carbons (Fsp3) is 0.167. The van der Waals surface area contributed by atoms with Gasteiger partial charge < -0.3 is 16.0 Å². The van der Waals surface area contributed by atoms with E-state index < -0.39 is 15.9 Å². The van der Waals surface area contributed by atoms with Crippen LogP contribution in [0.5, 0.6) is 0 Å². The van der Waals surface area contributed by atoms with Crippen molar-refractivity contribution in [3.8, 4) is 0 Å². The average Bonchev–Trinajstić information content (AvgIpc) is 2.39. The molecule has 0 radical (unpaired) electrons. The van der Waals surface area contributed by atoms with E-state index >= 15 is 0 Å². The van der Waals surface area contributed by atoms with Gasteiger partial charge in [-0.15, -0.1) is 0 Å². The van der Waals surface area contributed by atoms with Gasteiger partial charge in [0.05, 0.1) is 0 Å². The number of alkyl halides is 3. The number of hydrogen-bond donors (Lipinski definition) is 3. The van der Waals surface area contributed by atoms with Crippen LogP contribution in [0.1, 0.15) is 0 Å². The molecule has 1 unspecified atom stereocenters. The predicted molar refractivity (Wildman–Crippen MR) is 88.2 cm³/mol. The molecule has 3 N–H and O–H groups in total. The second-order valence-corrected chi connectivity index (χ2v) is 6.57. The molecule has 0 aliphatic rings. The maximum absolute atomic E-state index is 12.8. The summed E-state index contributed by atoms with van der Waals surface area (Å²) in [6.07, 6.45) is -0.0462. The van der Waals surface area contributed by atoms with Gasteiger partial charge in [0.2, 0.25) is 9.70 Å². The molecule has 0 saturated heterocycles. The fourth-order valence-electron chi connectivity index (χ4n) is 1.23. The van der Waals surface area contributed by atoms with Crippen LogP contribution < -0.4 is 16.0 Å². The monoisotopic (exact) mass is 369 g/mol. The van der Waals surface area contributed by atoms with Crippen LogP contribution in [-0.2, 0) is 4.79 Å². The molecule has 114 valence electrons. The van der Waals surface area contributed by atoms with E-state index in [-0.39, 0.29) is 10.9 Å². The summed E-state index contributed by atoms with van der Waals surface area (Å²) in [6.45, 7) is 3.30. The number of thiocarbonyl (C=S) groups is 1. The van der Waals surface area contributed by atoms with E-state index in [1.54, 1.807) is 0 Å². The van der Waals surface area contributed by atoms with Gasteiger partial charge in [0.25, 0.3) is 0 Å². The SMILES string of the molecule is C=CC(=O)NC(NC(=S)Nc1ccc(F)cc1)C(Cl)(Cl)Cl. The molecule has 0 heterocycles. The second-order valence-electron chi connectivity index (χ2n) is 3.79. The lowest BCUT2D eigenvalue weighted by Crippen LogP contribution is -2.55. The summed E-state index contributed by atoms with van der Waals surface area (Å²) in [5.74, 6) is -0.916. The Kier molecular flexibility index (Phi) is 6.67. The van der Waals surface area contributed by atoms with E-state index in [4.69, 9.17) is 47.0 Å². The molecule has 1 atom stereocenters. The van der Waals surface area contributed by atoms with E-state index in [0.717, 1.165) is 6.08 Å². The Hall–Kier alpha value is -1.08. The Morgan fingerprint density at radius 2 is 1.86 bits per heavy atom. The summed E-state index contributed by atoms with van der Waals surface area (Å²) in [7, 11) is 0. The molecular formula is C12H11Cl3FN3OS. The van der Waals surface area contributed by atoms with Crippen LogP contribution in [0.2, 0.25) is 0 Å². The van der Waals surface area contributed by atoms with Crippen molar-refractivity contribution in [2.45, 2.75) is 9.96 Å². The molecule has 1 aromatic rings. The summed E-state index contributed by atoms with van der Waals surface area (Å²) in [6, 6.07) is 5.49. The Balaban J connectivity index is 2.69. The summed E-state index contributed by atoms with van der Waals surface area (Å²) in [4.78, 5) is 11.3. The van der Waals surface area contributed by atoms with Gasteiger partial charge in [0, 0.05) is 5.69 Å². The van der Waals surface area contributed by atoms with Crippen LogP contribution in [0.15, 0.2) is 36.9 Å². The number of benzene rings is 1. The minimum atomic E-state index is -1.84. The zero-order chi connectivity index (χ0) is 16.0. The number of halogens is 4. The highest BCUT2D eigenvalue weighted by atomic mass is 35.6. The molecule has 0 bridgehead atoms. The molecule has 1 rings (SSSR count). The van der Waals surface area contributed by atoms with Crippen molar-refractivity contribution in [3.63, 3.8) is 0 Å². The van der Waals surface area contributed by atoms with Crippen molar-refractivity contribution in [1.29, 1.82) is 0 Å². The van der Waals surface area contributed by atoms with Crippen LogP contribution >= 0.6 is 47.0 Å². The van der Waals surface area contributed by atoms with Crippen molar-refractivity contribution in [3.05, 3.63) is 42.7 Å². The van der Waals surface area contributed by atoms with Gasteiger partial charge in [-0.25, -0.2) is 4.39 Å². The molecule has 0 saturated carbocycles. The molecule has 0 aromatic heterocycles. The molecule has 0 spiro atoms. The maximum atomic E-state index is 12.8. The summed E-state index contributed by atoms with van der Waals surface area (Å²) in [5.41, 5.74) is 0.534. The van der Waals surface area contributed by atoms with Gasteiger partial charge in [0.1, 0.15) is 12.0 Å². The standard InChI is InChI=1S/C12H11Cl3FN3OS/c1-2-9(20)18-10(12(13,14)15)19-11(21)17-8-5-3-7(16)4-6-8/h2-6,10H,1H2,(H,18,20)(H2,17,19,21). The van der Waals surface area contributed by atoms with E-state index in [2.05, 4.69) is 22.5 Å². The number of nitrogens with one attached hydrogen (secondary N) is 3. The zero-order valence-electron chi connectivity index (χ0n) is 10.5. The molecule has 0 fully saturated rings. The fourth-order valence-corrected chi connectivity index (χ4v) is 1.80. The molecule has 21 heavy (non-hydrogen) atoms. The Morgan fingerprint density at radius 3 is 2.33 bits per heavy atom. The third-order valence-electron chi connectivity index (χ3n) is 2.18. The van der Waals surface area contributed by atoms with Gasteiger partial charge in [-0.3, -0.25) is 4.79 Å². The predicted octanol–water partition coefficient (Wildman–Crippen LogP) is 3.11. The van der Waals surface area contributed by atoms with Gasteiger partial charge in [0.15, 0.2) is 5.11 Å². The normalized spacial score (nSPS) is 12.2. The average molecular weight is 371 g/mol. The quantitative estimate of drug-likeness (QED) is 0.330. The van der Waals surface area contributed by atoms with Crippen molar-refractivity contribution < 1.29 is 9.18 Å². The van der Waals surface area contributed by atoms with Gasteiger partial charge in [-0.2, -0.15) is 0 Å². The van der Waals surface area contributed by atoms with Crippen LogP contribution in [-0.4, -0.2) is 21.0 Å². The van der Waals surface area contributed by atoms with E-state index in [1.807, 2.05) is 0 Å². The number of carbonyl (C=O) groups is 1. The van der Waals surface area contributed by atoms with Crippen molar-refractivity contribution in [1.82, 2.24) is 10.6 Å². The van der Waals surface area contributed by atoms with E-state index in [1.165, 1.54) is 24.3 Å². The van der Waals surface area contributed by atoms with E-state index in [0.29, 0.717) is 5.69 Å². The first-order valence-corrected chi connectivity index (χ1v) is 7.09. The van der Waals surface area contributed by atoms with Crippen molar-refractivity contribution in [2.24, 2.45) is 0 Å². The molecule has 0 aliphatic carbocycles. The number of carbonyl (C=O) groups excluding carboxylic acids is 1. The van der Waals surface area contributed by atoms with Crippen LogP contribution in [0.3, 0.4) is 0 Å². The second kappa shape index (κ2) is 7.79. The lowest BCUT2D eigenvalue weighted by atomic mass is 10.3. The Morgan fingerprint density at radius 1 is 1.29 bits per heavy atom. The smallest absolute Gasteiger partial charge is 0.245 e. The lowest BCUT2D eigenvalue weighted by molar-refractivity contribution is -0.117. The summed E-state index contributed by atoms with van der Waals surface area (Å²) in [5, 5.41) is 7.87. The summed E-state index contributed by atoms with van der Waals surface area (Å²) < 4.78 is 10.9. The minimum Gasteiger partial charge on any atom is -0.339 e. The third-order valence-corrected chi connectivity index (χ3v) is 3.05. The first-order valence-electron chi connectivity index (χ1n) is 5.55. The highest BCUT2D eigenvalue weighted by Gasteiger charge is 2.34. The molecule has 4 nitrogen and oxygen atoms in total. The third kappa shape index (κ3) is 6.48. The number of anilines is 1. The molecule has 1 aromatic carbocycles. The number of rotatable bonds is 4. The Bertz CT molecular complexity index is 534. The first-order chi connectivity index (χ1) is 9.72. The minimum absolute atomic E-state index is 0.0855. The molecular weight excluding hydrogens is 360 g/mol. The first kappa shape index (κ1) is 18.0. The van der Waals surface area contributed by atoms with Gasteiger partial charge in [-0.1, -0.05) is 41.4 Å². The van der Waals surface area contributed by atoms with Crippen LogP contribution in [0.4, 0.5) is 10.1 Å². The number of amides is 1. The van der Waals surface area contributed by atoms with Gasteiger partial charge >= 0.3 is 0 Å². The topological polar surface area (TPSA) is 53.2 Å². The molecule has 1 amide bonds. The largest absolute Gasteiger partial charge is 0.339 e. The number of hydrogen-bond acceptors (Lipinski definition) is 2. The van der Waals surface area contributed by atoms with Crippen LogP contribution in [0, 0.1) is 5.82 Å². The zero-order valence-corrected chi connectivity index (χ0v) is 13.6. The maximum Gasteiger partial charge on any atom is 0.245 e. The molecule has 0 aliphatic heterocycles. The highest BCUT2D eigenvalue weighted by Crippen LogP contribution is 2.29. The Labute approximate surface area is 141 Å². The van der Waals surface area contributed by atoms with Crippen LogP contribution in [0.25, 0.3) is 0 Å². The van der Waals surface area contributed by atoms with E-state index in [9.17, 15) is 9.18 Å². The molecule has 9 heteroatoms. The van der Waals surface area contributed by atoms with Crippen molar-refractivity contribution >= 4 is 63.7 Å². The lowest BCUT2D eigenvalue weighted by Gasteiger charge is -2.27. The summed E-state index contributed by atoms with van der Waals surface area (Å²) >= 11 is 22.3. The highest BCUT2D eigenvalue weighted by molar-refractivity contribution is 7.80.